The molecular weight excluding hydrogens is 250 g/mol. The van der Waals surface area contributed by atoms with Crippen LogP contribution in [0.25, 0.3) is 0 Å². The lowest BCUT2D eigenvalue weighted by Gasteiger charge is -2.31. The number of ether oxygens (including phenoxy) is 1. The number of rotatable bonds is 7. The minimum absolute atomic E-state index is 0.347. The molecule has 0 aliphatic heterocycles. The van der Waals surface area contributed by atoms with E-state index in [1.165, 1.54) is 0 Å². The Morgan fingerprint density at radius 2 is 2.22 bits per heavy atom. The zero-order valence-electron chi connectivity index (χ0n) is 11.1. The minimum Gasteiger partial charge on any atom is -0.383 e. The van der Waals surface area contributed by atoms with Gasteiger partial charge in [0.2, 0.25) is 0 Å². The molecule has 1 aromatic rings. The van der Waals surface area contributed by atoms with E-state index in [1.54, 1.807) is 13.2 Å². The highest BCUT2D eigenvalue weighted by Crippen LogP contribution is 2.25. The normalized spacial score (nSPS) is 12.2. The Bertz CT molecular complexity index is 395. The van der Waals surface area contributed by atoms with Gasteiger partial charge in [0.15, 0.2) is 6.29 Å². The van der Waals surface area contributed by atoms with Gasteiger partial charge in [-0.1, -0.05) is 18.5 Å². The van der Waals surface area contributed by atoms with Crippen LogP contribution in [-0.2, 0) is 4.74 Å². The lowest BCUT2D eigenvalue weighted by atomic mass is 10.1. The molecule has 0 radical (unpaired) electrons. The summed E-state index contributed by atoms with van der Waals surface area (Å²) in [5, 5.41) is 0.580. The van der Waals surface area contributed by atoms with Crippen molar-refractivity contribution in [2.75, 3.05) is 25.2 Å². The van der Waals surface area contributed by atoms with E-state index in [9.17, 15) is 4.79 Å². The van der Waals surface area contributed by atoms with Crippen LogP contribution in [0, 0.1) is 0 Å². The highest BCUT2D eigenvalue weighted by molar-refractivity contribution is 6.31. The first-order valence-electron chi connectivity index (χ1n) is 6.14. The van der Waals surface area contributed by atoms with Gasteiger partial charge in [0.05, 0.1) is 6.61 Å². The molecule has 1 unspecified atom stereocenters. The number of carbonyl (C=O) groups is 1. The molecule has 1 aromatic carbocycles. The second-order valence-electron chi connectivity index (χ2n) is 4.26. The molecular formula is C14H20ClNO2. The summed E-state index contributed by atoms with van der Waals surface area (Å²) in [6.45, 7) is 5.65. The van der Waals surface area contributed by atoms with Crippen LogP contribution in [0.2, 0.25) is 5.02 Å². The number of halogens is 1. The fourth-order valence-electron chi connectivity index (χ4n) is 1.87. The standard InChI is InChI=1S/C14H20ClNO2/c1-4-11(2)16(7-8-18-3)14-6-5-13(15)9-12(14)10-17/h5-6,9-11H,4,7-8H2,1-3H3. The second kappa shape index (κ2) is 7.39. The Labute approximate surface area is 114 Å². The summed E-state index contributed by atoms with van der Waals surface area (Å²) in [5.74, 6) is 0. The van der Waals surface area contributed by atoms with E-state index in [-0.39, 0.29) is 0 Å². The fraction of sp³-hybridized carbons (Fsp3) is 0.500. The van der Waals surface area contributed by atoms with Gasteiger partial charge in [0, 0.05) is 36.0 Å². The summed E-state index contributed by atoms with van der Waals surface area (Å²) in [4.78, 5) is 13.3. The minimum atomic E-state index is 0.347. The molecule has 0 saturated heterocycles. The number of nitrogens with zero attached hydrogens (tertiary/aromatic N) is 1. The SMILES string of the molecule is CCC(C)N(CCOC)c1ccc(Cl)cc1C=O. The van der Waals surface area contributed by atoms with Gasteiger partial charge in [-0.3, -0.25) is 4.79 Å². The number of carbonyl (C=O) groups excluding carboxylic acids is 1. The van der Waals surface area contributed by atoms with Gasteiger partial charge in [0.1, 0.15) is 0 Å². The number of methoxy groups -OCH3 is 1. The Kier molecular flexibility index (Phi) is 6.16. The molecule has 0 bridgehead atoms. The topological polar surface area (TPSA) is 29.5 Å². The molecule has 0 N–H and O–H groups in total. The van der Waals surface area contributed by atoms with E-state index in [1.807, 2.05) is 12.1 Å². The van der Waals surface area contributed by atoms with Crippen molar-refractivity contribution in [3.63, 3.8) is 0 Å². The molecule has 0 fully saturated rings. The van der Waals surface area contributed by atoms with Crippen molar-refractivity contribution in [3.05, 3.63) is 28.8 Å². The van der Waals surface area contributed by atoms with Crippen molar-refractivity contribution in [2.24, 2.45) is 0 Å². The highest BCUT2D eigenvalue weighted by Gasteiger charge is 2.16. The molecule has 3 nitrogen and oxygen atoms in total. The monoisotopic (exact) mass is 269 g/mol. The quantitative estimate of drug-likeness (QED) is 0.711. The molecule has 1 atom stereocenters. The third-order valence-corrected chi connectivity index (χ3v) is 3.32. The van der Waals surface area contributed by atoms with Crippen molar-refractivity contribution in [3.8, 4) is 0 Å². The van der Waals surface area contributed by atoms with E-state index in [4.69, 9.17) is 16.3 Å². The van der Waals surface area contributed by atoms with Crippen molar-refractivity contribution < 1.29 is 9.53 Å². The Balaban J connectivity index is 3.07. The van der Waals surface area contributed by atoms with Crippen molar-refractivity contribution in [2.45, 2.75) is 26.3 Å². The largest absolute Gasteiger partial charge is 0.383 e. The van der Waals surface area contributed by atoms with Crippen molar-refractivity contribution in [1.29, 1.82) is 0 Å². The summed E-state index contributed by atoms with van der Waals surface area (Å²) < 4.78 is 5.13. The van der Waals surface area contributed by atoms with E-state index >= 15 is 0 Å². The van der Waals surface area contributed by atoms with Crippen LogP contribution in [0.1, 0.15) is 30.6 Å². The first-order chi connectivity index (χ1) is 8.63. The predicted octanol–water partition coefficient (Wildman–Crippen LogP) is 3.40. The molecule has 0 heterocycles. The number of hydrogen-bond donors (Lipinski definition) is 0. The van der Waals surface area contributed by atoms with E-state index in [2.05, 4.69) is 18.7 Å². The summed E-state index contributed by atoms with van der Waals surface area (Å²) in [6, 6.07) is 5.76. The maximum Gasteiger partial charge on any atom is 0.152 e. The van der Waals surface area contributed by atoms with Gasteiger partial charge in [-0.2, -0.15) is 0 Å². The Morgan fingerprint density at radius 3 is 2.78 bits per heavy atom. The van der Waals surface area contributed by atoms with Gasteiger partial charge < -0.3 is 9.64 Å². The summed E-state index contributed by atoms with van der Waals surface area (Å²) in [5.41, 5.74) is 1.54. The summed E-state index contributed by atoms with van der Waals surface area (Å²) in [7, 11) is 1.68. The maximum atomic E-state index is 11.2. The van der Waals surface area contributed by atoms with Gasteiger partial charge in [-0.15, -0.1) is 0 Å². The lowest BCUT2D eigenvalue weighted by molar-refractivity contribution is 0.112. The average molecular weight is 270 g/mol. The Hall–Kier alpha value is -1.06. The van der Waals surface area contributed by atoms with Crippen LogP contribution < -0.4 is 4.90 Å². The zero-order valence-corrected chi connectivity index (χ0v) is 11.9. The van der Waals surface area contributed by atoms with Gasteiger partial charge in [-0.25, -0.2) is 0 Å². The molecule has 0 saturated carbocycles. The first-order valence-corrected chi connectivity index (χ1v) is 6.52. The van der Waals surface area contributed by atoms with Gasteiger partial charge >= 0.3 is 0 Å². The smallest absolute Gasteiger partial charge is 0.152 e. The fourth-order valence-corrected chi connectivity index (χ4v) is 2.05. The van der Waals surface area contributed by atoms with E-state index in [0.29, 0.717) is 23.2 Å². The third-order valence-electron chi connectivity index (χ3n) is 3.09. The van der Waals surface area contributed by atoms with E-state index < -0.39 is 0 Å². The molecule has 4 heteroatoms. The number of benzene rings is 1. The molecule has 1 rings (SSSR count). The number of aldehydes is 1. The number of anilines is 1. The molecule has 0 amide bonds. The predicted molar refractivity (Wildman–Crippen MR) is 75.8 cm³/mol. The highest BCUT2D eigenvalue weighted by atomic mass is 35.5. The van der Waals surface area contributed by atoms with Crippen LogP contribution in [0.4, 0.5) is 5.69 Å². The molecule has 18 heavy (non-hydrogen) atoms. The van der Waals surface area contributed by atoms with Gasteiger partial charge in [0.25, 0.3) is 0 Å². The first kappa shape index (κ1) is 15.0. The van der Waals surface area contributed by atoms with Crippen LogP contribution in [0.3, 0.4) is 0 Å². The van der Waals surface area contributed by atoms with E-state index in [0.717, 1.165) is 24.9 Å². The average Bonchev–Trinajstić information content (AvgIpc) is 2.39. The molecule has 0 spiro atoms. The molecule has 100 valence electrons. The van der Waals surface area contributed by atoms with Gasteiger partial charge in [-0.05, 0) is 31.5 Å². The molecule has 0 aliphatic rings. The Morgan fingerprint density at radius 1 is 1.50 bits per heavy atom. The molecule has 0 aromatic heterocycles. The maximum absolute atomic E-state index is 11.2. The summed E-state index contributed by atoms with van der Waals surface area (Å²) >= 11 is 5.92. The number of hydrogen-bond acceptors (Lipinski definition) is 3. The molecule has 0 aliphatic carbocycles. The zero-order chi connectivity index (χ0) is 13.5. The summed E-state index contributed by atoms with van der Waals surface area (Å²) in [6.07, 6.45) is 1.86. The van der Waals surface area contributed by atoms with Crippen molar-refractivity contribution in [1.82, 2.24) is 0 Å². The van der Waals surface area contributed by atoms with Crippen molar-refractivity contribution >= 4 is 23.6 Å². The van der Waals surface area contributed by atoms with Crippen LogP contribution in [0.5, 0.6) is 0 Å². The van der Waals surface area contributed by atoms with Crippen LogP contribution in [0.15, 0.2) is 18.2 Å². The second-order valence-corrected chi connectivity index (χ2v) is 4.70. The van der Waals surface area contributed by atoms with Crippen LogP contribution >= 0.6 is 11.6 Å². The third kappa shape index (κ3) is 3.72. The lowest BCUT2D eigenvalue weighted by Crippen LogP contribution is -2.36. The van der Waals surface area contributed by atoms with Crippen LogP contribution in [-0.4, -0.2) is 32.6 Å².